The maximum atomic E-state index is 12.0. The zero-order valence-electron chi connectivity index (χ0n) is 13.6. The van der Waals surface area contributed by atoms with Crippen molar-refractivity contribution < 1.29 is 19.1 Å². The maximum absolute atomic E-state index is 12.0. The summed E-state index contributed by atoms with van der Waals surface area (Å²) in [5.74, 6) is -1.31. The number of nitrogens with one attached hydrogen (secondary N) is 1. The number of anilines is 1. The Kier molecular flexibility index (Phi) is 5.41. The Morgan fingerprint density at radius 1 is 1.25 bits per heavy atom. The molecule has 0 saturated carbocycles. The van der Waals surface area contributed by atoms with Crippen molar-refractivity contribution in [1.82, 2.24) is 4.57 Å². The molecule has 0 spiro atoms. The van der Waals surface area contributed by atoms with Crippen LogP contribution in [0.1, 0.15) is 33.3 Å². The van der Waals surface area contributed by atoms with E-state index in [1.807, 2.05) is 6.92 Å². The van der Waals surface area contributed by atoms with Crippen LogP contribution in [0.3, 0.4) is 0 Å². The van der Waals surface area contributed by atoms with Crippen LogP contribution < -0.4 is 5.32 Å². The highest BCUT2D eigenvalue weighted by Crippen LogP contribution is 2.19. The van der Waals surface area contributed by atoms with E-state index < -0.39 is 18.5 Å². The topological polar surface area (TPSA) is 77.4 Å². The van der Waals surface area contributed by atoms with Crippen molar-refractivity contribution >= 4 is 34.9 Å². The number of nitrogens with zero attached hydrogens (tertiary/aromatic N) is 1. The lowest BCUT2D eigenvalue weighted by Crippen LogP contribution is -2.21. The zero-order chi connectivity index (χ0) is 17.9. The second-order valence-corrected chi connectivity index (χ2v) is 5.78. The van der Waals surface area contributed by atoms with E-state index in [-0.39, 0.29) is 11.5 Å². The lowest BCUT2D eigenvalue weighted by molar-refractivity contribution is -0.119. The number of benzene rings is 1. The smallest absolute Gasteiger partial charge is 0.355 e. The van der Waals surface area contributed by atoms with Crippen LogP contribution in [0.15, 0.2) is 30.5 Å². The number of Topliss-reactive ketones (excluding diaryl/α,β-unsaturated/α-hetero) is 1. The number of aryl methyl sites for hydroxylation is 2. The predicted octanol–water partition coefficient (Wildman–Crippen LogP) is 2.99. The van der Waals surface area contributed by atoms with E-state index in [0.717, 1.165) is 5.56 Å². The Labute approximate surface area is 144 Å². The number of halogens is 1. The van der Waals surface area contributed by atoms with Gasteiger partial charge in [0, 0.05) is 29.5 Å². The number of ether oxygens (including phenoxy) is 1. The van der Waals surface area contributed by atoms with Crippen LogP contribution in [-0.4, -0.2) is 28.8 Å². The van der Waals surface area contributed by atoms with Crippen LogP contribution in [0.5, 0.6) is 0 Å². The molecule has 1 heterocycles. The molecule has 0 aliphatic rings. The van der Waals surface area contributed by atoms with Gasteiger partial charge in [0.05, 0.1) is 0 Å². The average Bonchev–Trinajstić information content (AvgIpc) is 2.91. The number of carbonyl (C=O) groups excluding carboxylic acids is 3. The fraction of sp³-hybridized carbons (Fsp3) is 0.235. The maximum Gasteiger partial charge on any atom is 0.355 e. The number of ketones is 1. The highest BCUT2D eigenvalue weighted by Gasteiger charge is 2.16. The molecule has 126 valence electrons. The Morgan fingerprint density at radius 2 is 1.96 bits per heavy atom. The van der Waals surface area contributed by atoms with Crippen molar-refractivity contribution in [1.29, 1.82) is 0 Å². The van der Waals surface area contributed by atoms with Gasteiger partial charge in [0.2, 0.25) is 0 Å². The first-order chi connectivity index (χ1) is 11.3. The van der Waals surface area contributed by atoms with Crippen LogP contribution in [0.4, 0.5) is 5.69 Å². The van der Waals surface area contributed by atoms with Gasteiger partial charge in [-0.3, -0.25) is 9.59 Å². The molecule has 0 bridgehead atoms. The molecule has 0 atom stereocenters. The number of aromatic nitrogens is 1. The summed E-state index contributed by atoms with van der Waals surface area (Å²) >= 11 is 5.98. The van der Waals surface area contributed by atoms with E-state index in [1.165, 1.54) is 23.8 Å². The van der Waals surface area contributed by atoms with Crippen molar-refractivity contribution in [2.75, 3.05) is 11.9 Å². The van der Waals surface area contributed by atoms with Gasteiger partial charge in [0.1, 0.15) is 5.69 Å². The van der Waals surface area contributed by atoms with E-state index in [1.54, 1.807) is 25.2 Å². The Bertz CT molecular complexity index is 811. The Morgan fingerprint density at radius 3 is 2.54 bits per heavy atom. The lowest BCUT2D eigenvalue weighted by atomic mass is 10.2. The molecule has 0 aliphatic heterocycles. The first-order valence-corrected chi connectivity index (χ1v) is 7.56. The first-order valence-electron chi connectivity index (χ1n) is 7.18. The van der Waals surface area contributed by atoms with Crippen molar-refractivity contribution in [3.8, 4) is 0 Å². The van der Waals surface area contributed by atoms with E-state index >= 15 is 0 Å². The average molecular weight is 349 g/mol. The normalized spacial score (nSPS) is 10.3. The van der Waals surface area contributed by atoms with E-state index in [9.17, 15) is 14.4 Å². The molecule has 0 unspecified atom stereocenters. The third kappa shape index (κ3) is 4.23. The van der Waals surface area contributed by atoms with Gasteiger partial charge in [-0.15, -0.1) is 0 Å². The highest BCUT2D eigenvalue weighted by atomic mass is 35.5. The van der Waals surface area contributed by atoms with Crippen LogP contribution in [0.2, 0.25) is 5.02 Å². The molecular formula is C17H17ClN2O4. The van der Waals surface area contributed by atoms with Gasteiger partial charge in [-0.25, -0.2) is 4.79 Å². The third-order valence-electron chi connectivity index (χ3n) is 3.41. The summed E-state index contributed by atoms with van der Waals surface area (Å²) in [7, 11) is 1.62. The number of rotatable bonds is 5. The number of hydrogen-bond donors (Lipinski definition) is 1. The second-order valence-electron chi connectivity index (χ2n) is 5.37. The number of carbonyl (C=O) groups is 3. The monoisotopic (exact) mass is 348 g/mol. The number of esters is 1. The molecule has 6 nitrogen and oxygen atoms in total. The minimum atomic E-state index is -0.679. The predicted molar refractivity (Wildman–Crippen MR) is 90.5 cm³/mol. The SMILES string of the molecule is CC(=O)c1cc(C(=O)OCC(=O)Nc2ccc(C)c(Cl)c2)n(C)c1. The van der Waals surface area contributed by atoms with E-state index in [4.69, 9.17) is 16.3 Å². The van der Waals surface area contributed by atoms with Crippen LogP contribution >= 0.6 is 11.6 Å². The molecule has 0 fully saturated rings. The third-order valence-corrected chi connectivity index (χ3v) is 3.82. The summed E-state index contributed by atoms with van der Waals surface area (Å²) in [6, 6.07) is 6.53. The first kappa shape index (κ1) is 17.7. The van der Waals surface area contributed by atoms with Crippen molar-refractivity contribution in [3.63, 3.8) is 0 Å². The van der Waals surface area contributed by atoms with Gasteiger partial charge in [0.25, 0.3) is 5.91 Å². The van der Waals surface area contributed by atoms with Crippen LogP contribution in [0.25, 0.3) is 0 Å². The van der Waals surface area contributed by atoms with E-state index in [2.05, 4.69) is 5.32 Å². The van der Waals surface area contributed by atoms with Crippen molar-refractivity contribution in [2.24, 2.45) is 7.05 Å². The van der Waals surface area contributed by atoms with Crippen LogP contribution in [-0.2, 0) is 16.6 Å². The molecule has 0 saturated heterocycles. The zero-order valence-corrected chi connectivity index (χ0v) is 14.3. The summed E-state index contributed by atoms with van der Waals surface area (Å²) in [5, 5.41) is 3.13. The highest BCUT2D eigenvalue weighted by molar-refractivity contribution is 6.31. The van der Waals surface area contributed by atoms with Crippen LogP contribution in [0, 0.1) is 6.92 Å². The van der Waals surface area contributed by atoms with E-state index in [0.29, 0.717) is 16.3 Å². The van der Waals surface area contributed by atoms with Gasteiger partial charge in [-0.05, 0) is 37.6 Å². The van der Waals surface area contributed by atoms with Gasteiger partial charge >= 0.3 is 5.97 Å². The standard InChI is InChI=1S/C17H17ClN2O4/c1-10-4-5-13(7-14(10)18)19-16(22)9-24-17(23)15-6-12(11(2)21)8-20(15)3/h4-8H,9H2,1-3H3,(H,19,22). The summed E-state index contributed by atoms with van der Waals surface area (Å²) in [5.41, 5.74) is 2.02. The van der Waals surface area contributed by atoms with Gasteiger partial charge in [-0.1, -0.05) is 17.7 Å². The van der Waals surface area contributed by atoms with Gasteiger partial charge in [0.15, 0.2) is 12.4 Å². The van der Waals surface area contributed by atoms with Crippen molar-refractivity contribution in [2.45, 2.75) is 13.8 Å². The molecule has 2 aromatic rings. The fourth-order valence-electron chi connectivity index (χ4n) is 2.03. The Hall–Kier alpha value is -2.60. The minimum Gasteiger partial charge on any atom is -0.451 e. The summed E-state index contributed by atoms with van der Waals surface area (Å²) in [6.45, 7) is 2.82. The van der Waals surface area contributed by atoms with Gasteiger partial charge < -0.3 is 14.6 Å². The molecule has 0 radical (unpaired) electrons. The molecule has 1 aromatic heterocycles. The Balaban J connectivity index is 1.94. The molecule has 1 N–H and O–H groups in total. The van der Waals surface area contributed by atoms with Crippen molar-refractivity contribution in [3.05, 3.63) is 52.3 Å². The summed E-state index contributed by atoms with van der Waals surface area (Å²) in [4.78, 5) is 35.2. The quantitative estimate of drug-likeness (QED) is 0.665. The largest absolute Gasteiger partial charge is 0.451 e. The summed E-state index contributed by atoms with van der Waals surface area (Å²) < 4.78 is 6.46. The second kappa shape index (κ2) is 7.31. The van der Waals surface area contributed by atoms with Gasteiger partial charge in [-0.2, -0.15) is 0 Å². The summed E-state index contributed by atoms with van der Waals surface area (Å²) in [6.07, 6.45) is 1.54. The lowest BCUT2D eigenvalue weighted by Gasteiger charge is -2.08. The molecule has 0 aliphatic carbocycles. The fourth-order valence-corrected chi connectivity index (χ4v) is 2.21. The minimum absolute atomic E-state index is 0.154. The molecule has 1 amide bonds. The molecule has 24 heavy (non-hydrogen) atoms. The molecule has 1 aromatic carbocycles. The molecular weight excluding hydrogens is 332 g/mol. The molecule has 7 heteroatoms. The number of hydrogen-bond acceptors (Lipinski definition) is 4. The molecule has 2 rings (SSSR count). The number of amides is 1.